The number of β-amino-alcohol motifs (C(OH)–C–C–N with tert-alkyl or cyclic N) is 1. The number of halogens is 1. The topological polar surface area (TPSA) is 49.1 Å². The van der Waals surface area contributed by atoms with E-state index < -0.39 is 6.10 Å². The lowest BCUT2D eigenvalue weighted by molar-refractivity contribution is 0.0663. The number of hydrogen-bond acceptors (Lipinski definition) is 5. The van der Waals surface area contributed by atoms with E-state index in [-0.39, 0.29) is 12.4 Å². The summed E-state index contributed by atoms with van der Waals surface area (Å²) in [5.41, 5.74) is 3.57. The molecule has 1 saturated heterocycles. The van der Waals surface area contributed by atoms with E-state index in [4.69, 9.17) is 9.15 Å². The van der Waals surface area contributed by atoms with Gasteiger partial charge in [0.15, 0.2) is 0 Å². The molecule has 0 radical (unpaired) electrons. The number of aliphatic hydroxyl groups excluding tert-OH is 1. The van der Waals surface area contributed by atoms with Crippen molar-refractivity contribution in [2.24, 2.45) is 0 Å². The average molecular weight is 443 g/mol. The third-order valence-electron chi connectivity index (χ3n) is 6.33. The zero-order valence-electron chi connectivity index (χ0n) is 17.8. The lowest BCUT2D eigenvalue weighted by Gasteiger charge is -2.36. The number of hydrogen-bond donors (Lipinski definition) is 1. The molecule has 5 nitrogen and oxygen atoms in total. The lowest BCUT2D eigenvalue weighted by Crippen LogP contribution is -2.49. The zero-order chi connectivity index (χ0) is 20.3. The Bertz CT molecular complexity index is 983. The zero-order valence-corrected chi connectivity index (χ0v) is 18.7. The summed E-state index contributed by atoms with van der Waals surface area (Å²) in [5, 5.41) is 11.7. The first kappa shape index (κ1) is 22.0. The maximum absolute atomic E-state index is 10.5. The predicted octanol–water partition coefficient (Wildman–Crippen LogP) is 4.30. The summed E-state index contributed by atoms with van der Waals surface area (Å²) in [5.74, 6) is 1.95. The lowest BCUT2D eigenvalue weighted by atomic mass is 9.96. The van der Waals surface area contributed by atoms with Crippen LogP contribution in [0.5, 0.6) is 5.75 Å². The second kappa shape index (κ2) is 9.94. The van der Waals surface area contributed by atoms with Gasteiger partial charge in [-0.15, -0.1) is 12.4 Å². The van der Waals surface area contributed by atoms with Crippen LogP contribution in [0, 0.1) is 0 Å². The fourth-order valence-corrected chi connectivity index (χ4v) is 4.70. The molecule has 0 spiro atoms. The van der Waals surface area contributed by atoms with E-state index in [1.807, 2.05) is 12.1 Å². The SMILES string of the molecule is Cl.OC(COc1ccc2oc3c(c2c1)CCCC3)CN1CCN(c2ccccc2)CC1. The van der Waals surface area contributed by atoms with Crippen molar-refractivity contribution in [2.75, 3.05) is 44.2 Å². The van der Waals surface area contributed by atoms with Crippen molar-refractivity contribution < 1.29 is 14.3 Å². The molecule has 0 amide bonds. The van der Waals surface area contributed by atoms with Crippen molar-refractivity contribution in [1.82, 2.24) is 4.90 Å². The summed E-state index contributed by atoms with van der Waals surface area (Å²) in [6.07, 6.45) is 4.06. The highest BCUT2D eigenvalue weighted by Crippen LogP contribution is 2.34. The molecule has 0 saturated carbocycles. The number of para-hydroxylation sites is 1. The van der Waals surface area contributed by atoms with Crippen LogP contribution in [0.1, 0.15) is 24.2 Å². The summed E-state index contributed by atoms with van der Waals surface area (Å²) >= 11 is 0. The van der Waals surface area contributed by atoms with Crippen LogP contribution < -0.4 is 9.64 Å². The van der Waals surface area contributed by atoms with Gasteiger partial charge in [-0.3, -0.25) is 4.90 Å². The van der Waals surface area contributed by atoms with E-state index >= 15 is 0 Å². The first-order valence-electron chi connectivity index (χ1n) is 11.1. The predicted molar refractivity (Wildman–Crippen MR) is 127 cm³/mol. The Labute approximate surface area is 190 Å². The standard InChI is InChI=1S/C25H30N2O3.ClH/c28-20(17-26-12-14-27(15-13-26)19-6-2-1-3-7-19)18-29-21-10-11-25-23(16-21)22-8-4-5-9-24(22)30-25;/h1-3,6-7,10-11,16,20,28H,4-5,8-9,12-15,17-18H2;1H. The molecule has 1 atom stereocenters. The maximum Gasteiger partial charge on any atom is 0.134 e. The molecule has 166 valence electrons. The Kier molecular flexibility index (Phi) is 7.06. The van der Waals surface area contributed by atoms with Crippen molar-refractivity contribution in [3.05, 3.63) is 59.9 Å². The highest BCUT2D eigenvalue weighted by molar-refractivity contribution is 5.85. The Hall–Kier alpha value is -2.21. The average Bonchev–Trinajstić information content (AvgIpc) is 3.17. The largest absolute Gasteiger partial charge is 0.491 e. The van der Waals surface area contributed by atoms with Gasteiger partial charge in [0.25, 0.3) is 0 Å². The summed E-state index contributed by atoms with van der Waals surface area (Å²) in [7, 11) is 0. The molecule has 2 aromatic carbocycles. The Morgan fingerprint density at radius 2 is 1.74 bits per heavy atom. The van der Waals surface area contributed by atoms with E-state index in [0.29, 0.717) is 13.2 Å². The maximum atomic E-state index is 10.5. The molecule has 1 aromatic heterocycles. The molecule has 5 rings (SSSR count). The number of aliphatic hydroxyl groups is 1. The van der Waals surface area contributed by atoms with Gasteiger partial charge in [0, 0.05) is 55.8 Å². The number of furan rings is 1. The van der Waals surface area contributed by atoms with Crippen LogP contribution in [-0.2, 0) is 12.8 Å². The van der Waals surface area contributed by atoms with Crippen molar-refractivity contribution >= 4 is 29.1 Å². The van der Waals surface area contributed by atoms with Crippen LogP contribution >= 0.6 is 12.4 Å². The van der Waals surface area contributed by atoms with Crippen LogP contribution in [0.25, 0.3) is 11.0 Å². The first-order chi connectivity index (χ1) is 14.8. The highest BCUT2D eigenvalue weighted by Gasteiger charge is 2.21. The second-order valence-electron chi connectivity index (χ2n) is 8.46. The fourth-order valence-electron chi connectivity index (χ4n) is 4.70. The molecule has 2 aliphatic rings. The quantitative estimate of drug-likeness (QED) is 0.617. The van der Waals surface area contributed by atoms with Crippen molar-refractivity contribution in [3.8, 4) is 5.75 Å². The summed E-state index contributed by atoms with van der Waals surface area (Å²) in [6, 6.07) is 16.6. The van der Waals surface area contributed by atoms with Crippen LogP contribution in [0.15, 0.2) is 52.9 Å². The minimum Gasteiger partial charge on any atom is -0.491 e. The van der Waals surface area contributed by atoms with E-state index in [1.165, 1.54) is 29.5 Å². The smallest absolute Gasteiger partial charge is 0.134 e. The van der Waals surface area contributed by atoms with Gasteiger partial charge < -0.3 is 19.2 Å². The van der Waals surface area contributed by atoms with Crippen LogP contribution in [0.2, 0.25) is 0 Å². The molecule has 1 aliphatic carbocycles. The van der Waals surface area contributed by atoms with Gasteiger partial charge in [-0.05, 0) is 49.6 Å². The van der Waals surface area contributed by atoms with Gasteiger partial charge >= 0.3 is 0 Å². The van der Waals surface area contributed by atoms with Gasteiger partial charge in [0.1, 0.15) is 29.8 Å². The number of nitrogens with zero attached hydrogens (tertiary/aromatic N) is 2. The monoisotopic (exact) mass is 442 g/mol. The van der Waals surface area contributed by atoms with Gasteiger partial charge in [-0.2, -0.15) is 0 Å². The number of fused-ring (bicyclic) bond motifs is 3. The Balaban J connectivity index is 0.00000231. The highest BCUT2D eigenvalue weighted by atomic mass is 35.5. The number of rotatable bonds is 6. The molecule has 2 heterocycles. The second-order valence-corrected chi connectivity index (χ2v) is 8.46. The summed E-state index contributed by atoms with van der Waals surface area (Å²) in [4.78, 5) is 4.73. The Morgan fingerprint density at radius 1 is 0.968 bits per heavy atom. The fraction of sp³-hybridized carbons (Fsp3) is 0.440. The van der Waals surface area contributed by atoms with E-state index in [9.17, 15) is 5.11 Å². The van der Waals surface area contributed by atoms with E-state index in [1.54, 1.807) is 0 Å². The van der Waals surface area contributed by atoms with Gasteiger partial charge in [-0.1, -0.05) is 18.2 Å². The molecule has 1 aliphatic heterocycles. The Morgan fingerprint density at radius 3 is 2.55 bits per heavy atom. The van der Waals surface area contributed by atoms with Crippen LogP contribution in [0.4, 0.5) is 5.69 Å². The molecule has 1 fully saturated rings. The number of ether oxygens (including phenoxy) is 1. The first-order valence-corrected chi connectivity index (χ1v) is 11.1. The molecule has 31 heavy (non-hydrogen) atoms. The van der Waals surface area contributed by atoms with Crippen molar-refractivity contribution in [2.45, 2.75) is 31.8 Å². The number of aryl methyl sites for hydroxylation is 2. The molecule has 1 unspecified atom stereocenters. The van der Waals surface area contributed by atoms with Crippen LogP contribution in [0.3, 0.4) is 0 Å². The number of piperazine rings is 1. The minimum atomic E-state index is -0.498. The van der Waals surface area contributed by atoms with Crippen molar-refractivity contribution in [3.63, 3.8) is 0 Å². The molecule has 3 aromatic rings. The third-order valence-corrected chi connectivity index (χ3v) is 6.33. The molecular weight excluding hydrogens is 412 g/mol. The van der Waals surface area contributed by atoms with Gasteiger partial charge in [0.2, 0.25) is 0 Å². The van der Waals surface area contributed by atoms with E-state index in [2.05, 4.69) is 46.2 Å². The summed E-state index contributed by atoms with van der Waals surface area (Å²) in [6.45, 7) is 4.84. The molecule has 0 bridgehead atoms. The molecular formula is C25H31ClN2O3. The normalized spacial score (nSPS) is 17.8. The van der Waals surface area contributed by atoms with Gasteiger partial charge in [-0.25, -0.2) is 0 Å². The number of anilines is 1. The minimum absolute atomic E-state index is 0. The van der Waals surface area contributed by atoms with Gasteiger partial charge in [0.05, 0.1) is 0 Å². The third kappa shape index (κ3) is 5.00. The molecule has 1 N–H and O–H groups in total. The van der Waals surface area contributed by atoms with E-state index in [0.717, 1.165) is 56.1 Å². The summed E-state index contributed by atoms with van der Waals surface area (Å²) < 4.78 is 11.9. The van der Waals surface area contributed by atoms with Crippen molar-refractivity contribution in [1.29, 1.82) is 0 Å². The van der Waals surface area contributed by atoms with Crippen LogP contribution in [-0.4, -0.2) is 55.4 Å². The molecule has 6 heteroatoms. The number of benzene rings is 2.